The Bertz CT molecular complexity index is 651. The molecule has 0 rings (SSSR count). The van der Waals surface area contributed by atoms with Gasteiger partial charge in [-0.25, -0.2) is 0 Å². The van der Waals surface area contributed by atoms with Crippen molar-refractivity contribution in [2.45, 2.75) is 45.3 Å². The van der Waals surface area contributed by atoms with Gasteiger partial charge in [0.2, 0.25) is 0 Å². The minimum absolute atomic E-state index is 0.00147. The smallest absolute Gasteiger partial charge is 0.305 e. The molecule has 0 heterocycles. The van der Waals surface area contributed by atoms with Crippen LogP contribution in [-0.2, 0) is 61.3 Å². The molecule has 0 aliphatic carbocycles. The van der Waals surface area contributed by atoms with E-state index in [0.717, 1.165) is 0 Å². The fraction of sp³-hybridized carbons (Fsp3) is 0.968. The van der Waals surface area contributed by atoms with E-state index >= 15 is 0 Å². The predicted octanol–water partition coefficient (Wildman–Crippen LogP) is 2.67. The van der Waals surface area contributed by atoms with Crippen molar-refractivity contribution in [2.24, 2.45) is 0 Å². The van der Waals surface area contributed by atoms with Crippen molar-refractivity contribution in [3.8, 4) is 0 Å². The average Bonchev–Trinajstić information content (AvgIpc) is 3.00. The molecular weight excluding hydrogens is 624 g/mol. The number of carbonyl (C=O) groups is 1. The fourth-order valence-electron chi connectivity index (χ4n) is 3.03. The van der Waals surface area contributed by atoms with Gasteiger partial charge in [0.25, 0.3) is 0 Å². The molecule has 14 nitrogen and oxygen atoms in total. The van der Waals surface area contributed by atoms with Gasteiger partial charge in [0.1, 0.15) is 0 Å². The number of hydrogen-bond acceptors (Lipinski definition) is 13. The van der Waals surface area contributed by atoms with Gasteiger partial charge in [-0.3, -0.25) is 4.79 Å². The molecule has 1 N–H and O–H groups in total. The maximum Gasteiger partial charge on any atom is 0.305 e. The zero-order valence-corrected chi connectivity index (χ0v) is 30.2. The monoisotopic (exact) mass is 688 g/mol. The molecule has 0 aromatic carbocycles. The second-order valence-corrected chi connectivity index (χ2v) is 16.3. The molecule has 0 amide bonds. The molecule has 0 fully saturated rings. The third-order valence-electron chi connectivity index (χ3n) is 6.68. The van der Waals surface area contributed by atoms with Crippen LogP contribution in [0.4, 0.5) is 0 Å². The van der Waals surface area contributed by atoms with Gasteiger partial charge < -0.3 is 61.6 Å². The van der Waals surface area contributed by atoms with E-state index in [-0.39, 0.29) is 18.1 Å². The second-order valence-electron chi connectivity index (χ2n) is 11.5. The molecule has 0 saturated heterocycles. The summed E-state index contributed by atoms with van der Waals surface area (Å²) in [6.07, 6.45) is -0.00147. The third-order valence-corrected chi connectivity index (χ3v) is 11.2. The highest BCUT2D eigenvalue weighted by atomic mass is 28.4. The Balaban J connectivity index is 3.12. The lowest BCUT2D eigenvalue weighted by atomic mass is 10.2. The second kappa shape index (κ2) is 32.7. The highest BCUT2D eigenvalue weighted by Gasteiger charge is 2.36. The van der Waals surface area contributed by atoms with E-state index in [4.69, 9.17) is 61.6 Å². The number of carboxylic acid groups (broad SMARTS) is 1. The van der Waals surface area contributed by atoms with Crippen molar-refractivity contribution < 1.29 is 66.4 Å². The molecule has 0 aromatic rings. The molecule has 0 unspecified atom stereocenters. The Labute approximate surface area is 278 Å². The van der Waals surface area contributed by atoms with E-state index in [1.165, 1.54) is 0 Å². The minimum atomic E-state index is -1.70. The van der Waals surface area contributed by atoms with E-state index < -0.39 is 14.3 Å². The molecule has 0 radical (unpaired) electrons. The van der Waals surface area contributed by atoms with Gasteiger partial charge in [-0.2, -0.15) is 0 Å². The van der Waals surface area contributed by atoms with Gasteiger partial charge >= 0.3 is 5.97 Å². The highest BCUT2D eigenvalue weighted by molar-refractivity contribution is 6.74. The molecule has 0 bridgehead atoms. The first-order chi connectivity index (χ1) is 22.2. The molecule has 276 valence electrons. The van der Waals surface area contributed by atoms with E-state index in [2.05, 4.69) is 33.9 Å². The Hall–Kier alpha value is -0.793. The van der Waals surface area contributed by atoms with Gasteiger partial charge in [-0.15, -0.1) is 0 Å². The minimum Gasteiger partial charge on any atom is -0.481 e. The van der Waals surface area contributed by atoms with Crippen molar-refractivity contribution in [1.82, 2.24) is 0 Å². The summed E-state index contributed by atoms with van der Waals surface area (Å²) in [4.78, 5) is 10.3. The number of rotatable bonds is 37. The van der Waals surface area contributed by atoms with Crippen LogP contribution in [0.3, 0.4) is 0 Å². The summed E-state index contributed by atoms with van der Waals surface area (Å²) < 4.78 is 65.8. The number of hydrogen-bond donors (Lipinski definition) is 1. The molecule has 0 saturated carbocycles. The summed E-state index contributed by atoms with van der Waals surface area (Å²) in [7, 11) is -1.70. The fourth-order valence-corrected chi connectivity index (χ4v) is 4.06. The van der Waals surface area contributed by atoms with Crippen LogP contribution in [0.5, 0.6) is 0 Å². The molecule has 15 heteroatoms. The van der Waals surface area contributed by atoms with Gasteiger partial charge in [-0.05, 0) is 18.1 Å². The van der Waals surface area contributed by atoms with Crippen molar-refractivity contribution >= 4 is 14.3 Å². The molecule has 0 spiro atoms. The van der Waals surface area contributed by atoms with Crippen molar-refractivity contribution in [3.05, 3.63) is 0 Å². The zero-order chi connectivity index (χ0) is 34.0. The Kier molecular flexibility index (Phi) is 32.2. The summed E-state index contributed by atoms with van der Waals surface area (Å²) in [5.74, 6) is -0.873. The van der Waals surface area contributed by atoms with Gasteiger partial charge in [0.15, 0.2) is 8.32 Å². The maximum atomic E-state index is 10.3. The van der Waals surface area contributed by atoms with Crippen molar-refractivity contribution in [2.75, 3.05) is 152 Å². The first kappa shape index (κ1) is 45.2. The first-order valence-electron chi connectivity index (χ1n) is 16.4. The number of ether oxygens (including phenoxy) is 11. The lowest BCUT2D eigenvalue weighted by Gasteiger charge is -2.36. The molecular formula is C31H64O14Si. The van der Waals surface area contributed by atoms with Crippen molar-refractivity contribution in [1.29, 1.82) is 0 Å². The lowest BCUT2D eigenvalue weighted by molar-refractivity contribution is -0.138. The Morgan fingerprint density at radius 2 is 0.609 bits per heavy atom. The normalized spacial score (nSPS) is 12.3. The topological polar surface area (TPSA) is 148 Å². The number of carboxylic acids is 1. The summed E-state index contributed by atoms with van der Waals surface area (Å²) >= 11 is 0. The van der Waals surface area contributed by atoms with Crippen LogP contribution in [0.2, 0.25) is 18.1 Å². The summed E-state index contributed by atoms with van der Waals surface area (Å²) in [5, 5.41) is 8.70. The Morgan fingerprint density at radius 3 is 0.804 bits per heavy atom. The van der Waals surface area contributed by atoms with Crippen LogP contribution in [0.25, 0.3) is 0 Å². The largest absolute Gasteiger partial charge is 0.481 e. The Morgan fingerprint density at radius 1 is 0.413 bits per heavy atom. The van der Waals surface area contributed by atoms with Crippen LogP contribution in [-0.4, -0.2) is 171 Å². The van der Waals surface area contributed by atoms with Crippen LogP contribution < -0.4 is 0 Å². The van der Waals surface area contributed by atoms with Crippen LogP contribution >= 0.6 is 0 Å². The zero-order valence-electron chi connectivity index (χ0n) is 29.2. The lowest BCUT2D eigenvalue weighted by Crippen LogP contribution is -2.41. The highest BCUT2D eigenvalue weighted by Crippen LogP contribution is 2.36. The third kappa shape index (κ3) is 33.1. The molecule has 46 heavy (non-hydrogen) atoms. The van der Waals surface area contributed by atoms with Gasteiger partial charge in [0.05, 0.1) is 158 Å². The van der Waals surface area contributed by atoms with Gasteiger partial charge in [-0.1, -0.05) is 20.8 Å². The van der Waals surface area contributed by atoms with Crippen LogP contribution in [0, 0.1) is 0 Å². The quantitative estimate of drug-likeness (QED) is 0.0753. The first-order valence-corrected chi connectivity index (χ1v) is 19.3. The van der Waals surface area contributed by atoms with Crippen LogP contribution in [0.15, 0.2) is 0 Å². The predicted molar refractivity (Wildman–Crippen MR) is 174 cm³/mol. The van der Waals surface area contributed by atoms with E-state index in [9.17, 15) is 4.79 Å². The van der Waals surface area contributed by atoms with Crippen molar-refractivity contribution in [3.63, 3.8) is 0 Å². The van der Waals surface area contributed by atoms with E-state index in [0.29, 0.717) is 145 Å². The molecule has 0 aromatic heterocycles. The maximum absolute atomic E-state index is 10.3. The summed E-state index contributed by atoms with van der Waals surface area (Å²) in [5.41, 5.74) is 0. The van der Waals surface area contributed by atoms with E-state index in [1.807, 2.05) is 0 Å². The molecule has 0 aliphatic rings. The molecule has 0 atom stereocenters. The van der Waals surface area contributed by atoms with E-state index in [1.54, 1.807) is 0 Å². The molecule has 0 aliphatic heterocycles. The van der Waals surface area contributed by atoms with Crippen LogP contribution in [0.1, 0.15) is 27.2 Å². The summed E-state index contributed by atoms with van der Waals surface area (Å²) in [6, 6.07) is 0. The SMILES string of the molecule is CC(C)(C)[Si](C)(C)OCCOCCOCCOCCOCCOCCOCCOCCOCCOCCOCCOCCC(=O)O. The standard InChI is InChI=1S/C31H64O14Si/c1-31(2,3)46(4,5)45-29-28-44-27-26-43-25-24-42-23-22-41-21-20-40-19-18-39-17-16-38-15-14-37-13-12-36-11-10-35-9-8-34-7-6-30(32)33/h6-29H2,1-5H3,(H,32,33). The number of aliphatic carboxylic acids is 1. The van der Waals surface area contributed by atoms with Gasteiger partial charge in [0, 0.05) is 0 Å². The average molecular weight is 689 g/mol. The summed E-state index contributed by atoms with van der Waals surface area (Å²) in [6.45, 7) is 22.3.